The van der Waals surface area contributed by atoms with Crippen molar-refractivity contribution in [1.29, 1.82) is 0 Å². The molecule has 3 N–H and O–H groups in total. The molecule has 1 aromatic heterocycles. The number of primary amides is 1. The number of thioether (sulfide) groups is 1. The molecule has 4 aromatic rings. The zero-order valence-corrected chi connectivity index (χ0v) is 19.8. The summed E-state index contributed by atoms with van der Waals surface area (Å²) in [6, 6.07) is 19.3. The number of nitrogens with one attached hydrogen (secondary N) is 1. The van der Waals surface area contributed by atoms with Crippen LogP contribution in [0.2, 0.25) is 0 Å². The highest BCUT2D eigenvalue weighted by Crippen LogP contribution is 2.28. The molecule has 1 atom stereocenters. The van der Waals surface area contributed by atoms with E-state index >= 15 is 0 Å². The van der Waals surface area contributed by atoms with Crippen LogP contribution in [-0.4, -0.2) is 26.6 Å². The number of nitrogens with two attached hydrogens (primary N) is 1. The van der Waals surface area contributed by atoms with Crippen molar-refractivity contribution in [3.63, 3.8) is 0 Å². The number of aryl methyl sites for hydroxylation is 1. The number of para-hydroxylation sites is 1. The van der Waals surface area contributed by atoms with Crippen molar-refractivity contribution in [2.45, 2.75) is 31.2 Å². The topological polar surface area (TPSA) is 107 Å². The molecule has 0 spiro atoms. The van der Waals surface area contributed by atoms with Crippen LogP contribution in [0.4, 0.5) is 5.69 Å². The monoisotopic (exact) mass is 472 g/mol. The van der Waals surface area contributed by atoms with Crippen LogP contribution in [-0.2, 0) is 4.79 Å². The van der Waals surface area contributed by atoms with Gasteiger partial charge in [0.25, 0.3) is 5.56 Å². The van der Waals surface area contributed by atoms with E-state index in [0.29, 0.717) is 27.3 Å². The molecule has 0 fully saturated rings. The van der Waals surface area contributed by atoms with E-state index in [4.69, 9.17) is 10.7 Å². The van der Waals surface area contributed by atoms with Crippen molar-refractivity contribution in [2.75, 3.05) is 5.32 Å². The van der Waals surface area contributed by atoms with Crippen LogP contribution in [0.1, 0.15) is 28.4 Å². The van der Waals surface area contributed by atoms with E-state index in [1.807, 2.05) is 44.2 Å². The molecule has 2 amide bonds. The Kier molecular flexibility index (Phi) is 6.51. The Morgan fingerprint density at radius 2 is 1.71 bits per heavy atom. The van der Waals surface area contributed by atoms with Crippen LogP contribution in [0.3, 0.4) is 0 Å². The smallest absolute Gasteiger partial charge is 0.266 e. The van der Waals surface area contributed by atoms with Gasteiger partial charge in [0.05, 0.1) is 21.8 Å². The van der Waals surface area contributed by atoms with Gasteiger partial charge in [0.15, 0.2) is 5.16 Å². The van der Waals surface area contributed by atoms with E-state index in [0.717, 1.165) is 16.8 Å². The van der Waals surface area contributed by atoms with E-state index < -0.39 is 11.2 Å². The van der Waals surface area contributed by atoms with E-state index in [2.05, 4.69) is 5.32 Å². The van der Waals surface area contributed by atoms with Crippen LogP contribution in [0.15, 0.2) is 76.7 Å². The molecule has 0 radical (unpaired) electrons. The van der Waals surface area contributed by atoms with Gasteiger partial charge in [-0.25, -0.2) is 4.98 Å². The Morgan fingerprint density at radius 3 is 2.41 bits per heavy atom. The number of aromatic nitrogens is 2. The third-order valence-electron chi connectivity index (χ3n) is 5.65. The first-order valence-electron chi connectivity index (χ1n) is 10.7. The summed E-state index contributed by atoms with van der Waals surface area (Å²) in [6.07, 6.45) is 0. The van der Waals surface area contributed by atoms with E-state index in [1.54, 1.807) is 47.9 Å². The lowest BCUT2D eigenvalue weighted by Crippen LogP contribution is -2.26. The number of rotatable bonds is 6. The van der Waals surface area contributed by atoms with Crippen molar-refractivity contribution < 1.29 is 9.59 Å². The molecule has 1 unspecified atom stereocenters. The summed E-state index contributed by atoms with van der Waals surface area (Å²) in [5, 5.41) is 3.22. The lowest BCUT2D eigenvalue weighted by molar-refractivity contribution is -0.115. The molecule has 0 aliphatic heterocycles. The maximum Gasteiger partial charge on any atom is 0.266 e. The van der Waals surface area contributed by atoms with E-state index in [1.165, 1.54) is 11.8 Å². The van der Waals surface area contributed by atoms with Gasteiger partial charge in [0.1, 0.15) is 0 Å². The van der Waals surface area contributed by atoms with Crippen molar-refractivity contribution in [1.82, 2.24) is 9.55 Å². The Morgan fingerprint density at radius 1 is 1.00 bits per heavy atom. The maximum atomic E-state index is 13.5. The molecule has 0 bridgehead atoms. The van der Waals surface area contributed by atoms with Gasteiger partial charge in [0, 0.05) is 11.3 Å². The number of carbonyl (C=O) groups is 2. The highest BCUT2D eigenvalue weighted by atomic mass is 32.2. The number of hydrogen-bond acceptors (Lipinski definition) is 5. The van der Waals surface area contributed by atoms with Crippen LogP contribution < -0.4 is 16.6 Å². The normalized spacial score (nSPS) is 11.9. The molecule has 0 saturated carbocycles. The zero-order chi connectivity index (χ0) is 24.4. The zero-order valence-electron chi connectivity index (χ0n) is 19.0. The third kappa shape index (κ3) is 4.58. The highest BCUT2D eigenvalue weighted by molar-refractivity contribution is 8.00. The Labute approximate surface area is 201 Å². The van der Waals surface area contributed by atoms with Crippen molar-refractivity contribution in [3.05, 3.63) is 93.8 Å². The minimum Gasteiger partial charge on any atom is -0.366 e. The van der Waals surface area contributed by atoms with Crippen LogP contribution in [0.5, 0.6) is 0 Å². The second kappa shape index (κ2) is 9.52. The van der Waals surface area contributed by atoms with E-state index in [9.17, 15) is 14.4 Å². The number of amides is 2. The van der Waals surface area contributed by atoms with Gasteiger partial charge in [-0.1, -0.05) is 36.0 Å². The Balaban J connectivity index is 1.70. The maximum absolute atomic E-state index is 13.5. The second-order valence-corrected chi connectivity index (χ2v) is 9.27. The first-order chi connectivity index (χ1) is 16.3. The third-order valence-corrected chi connectivity index (χ3v) is 6.70. The summed E-state index contributed by atoms with van der Waals surface area (Å²) >= 11 is 1.21. The predicted molar refractivity (Wildman–Crippen MR) is 136 cm³/mol. The lowest BCUT2D eigenvalue weighted by Gasteiger charge is -2.18. The standard InChI is InChI=1S/C26H24N4O3S/c1-15-7-6-10-22(16(15)2)30-25(33)20-8-4-5-9-21(20)29-26(30)34-17(3)24(32)28-19-13-11-18(12-14-19)23(27)31/h4-14,17H,1-3H3,(H2,27,31)(H,28,32). The molecule has 0 saturated heterocycles. The Bertz CT molecular complexity index is 1460. The number of anilines is 1. The molecule has 1 heterocycles. The number of nitrogens with zero attached hydrogens (tertiary/aromatic N) is 2. The van der Waals surface area contributed by atoms with Gasteiger partial charge < -0.3 is 11.1 Å². The average Bonchev–Trinajstić information content (AvgIpc) is 2.82. The molecular formula is C26H24N4O3S. The highest BCUT2D eigenvalue weighted by Gasteiger charge is 2.21. The molecule has 172 valence electrons. The minimum absolute atomic E-state index is 0.184. The number of hydrogen-bond donors (Lipinski definition) is 2. The van der Waals surface area contributed by atoms with Crippen molar-refractivity contribution in [2.24, 2.45) is 5.73 Å². The number of fused-ring (bicyclic) bond motifs is 1. The fourth-order valence-electron chi connectivity index (χ4n) is 3.56. The molecule has 34 heavy (non-hydrogen) atoms. The van der Waals surface area contributed by atoms with Crippen LogP contribution >= 0.6 is 11.8 Å². The Hall–Kier alpha value is -3.91. The summed E-state index contributed by atoms with van der Waals surface area (Å²) < 4.78 is 1.58. The fourth-order valence-corrected chi connectivity index (χ4v) is 4.47. The fraction of sp³-hybridized carbons (Fsp3) is 0.154. The summed E-state index contributed by atoms with van der Waals surface area (Å²) in [4.78, 5) is 42.4. The summed E-state index contributed by atoms with van der Waals surface area (Å²) in [5.74, 6) is -0.791. The van der Waals surface area contributed by atoms with Gasteiger partial charge in [0.2, 0.25) is 11.8 Å². The van der Waals surface area contributed by atoms with Gasteiger partial charge >= 0.3 is 0 Å². The summed E-state index contributed by atoms with van der Waals surface area (Å²) in [7, 11) is 0. The van der Waals surface area contributed by atoms with E-state index in [-0.39, 0.29) is 11.5 Å². The van der Waals surface area contributed by atoms with Gasteiger partial charge in [-0.15, -0.1) is 0 Å². The molecule has 4 rings (SSSR count). The quantitative estimate of drug-likeness (QED) is 0.323. The molecular weight excluding hydrogens is 448 g/mol. The van der Waals surface area contributed by atoms with Crippen molar-refractivity contribution in [3.8, 4) is 5.69 Å². The SMILES string of the molecule is Cc1cccc(-n2c(SC(C)C(=O)Nc3ccc(C(N)=O)cc3)nc3ccccc3c2=O)c1C. The van der Waals surface area contributed by atoms with Crippen molar-refractivity contribution >= 4 is 40.2 Å². The predicted octanol–water partition coefficient (Wildman–Crippen LogP) is 4.22. The first-order valence-corrected chi connectivity index (χ1v) is 11.6. The molecule has 0 aliphatic carbocycles. The van der Waals surface area contributed by atoms with Gasteiger partial charge in [-0.05, 0) is 74.4 Å². The molecule has 7 nitrogen and oxygen atoms in total. The van der Waals surface area contributed by atoms with Crippen LogP contribution in [0, 0.1) is 13.8 Å². The van der Waals surface area contributed by atoms with Gasteiger partial charge in [-0.2, -0.15) is 0 Å². The largest absolute Gasteiger partial charge is 0.366 e. The first kappa shape index (κ1) is 23.3. The number of carbonyl (C=O) groups excluding carboxylic acids is 2. The lowest BCUT2D eigenvalue weighted by atomic mass is 10.1. The average molecular weight is 473 g/mol. The number of benzene rings is 3. The molecule has 8 heteroatoms. The van der Waals surface area contributed by atoms with Gasteiger partial charge in [-0.3, -0.25) is 19.0 Å². The summed E-state index contributed by atoms with van der Waals surface area (Å²) in [6.45, 7) is 5.71. The second-order valence-electron chi connectivity index (χ2n) is 7.96. The summed E-state index contributed by atoms with van der Waals surface area (Å²) in [5.41, 5.74) is 9.32. The minimum atomic E-state index is -0.555. The molecule has 0 aliphatic rings. The molecule has 3 aromatic carbocycles. The van der Waals surface area contributed by atoms with Crippen LogP contribution in [0.25, 0.3) is 16.6 Å².